The first-order valence-electron chi connectivity index (χ1n) is 7.26. The quantitative estimate of drug-likeness (QED) is 0.871. The SMILES string of the molecule is CS(=O)(=O)N1CCc2cc(OCc3ccccc3)ccc2C1. The van der Waals surface area contributed by atoms with Crippen LogP contribution < -0.4 is 4.74 Å². The number of hydrogen-bond donors (Lipinski definition) is 0. The van der Waals surface area contributed by atoms with Crippen molar-refractivity contribution >= 4 is 10.0 Å². The summed E-state index contributed by atoms with van der Waals surface area (Å²) in [4.78, 5) is 0. The fourth-order valence-electron chi connectivity index (χ4n) is 2.62. The lowest BCUT2D eigenvalue weighted by Crippen LogP contribution is -2.35. The molecular weight excluding hydrogens is 298 g/mol. The van der Waals surface area contributed by atoms with Gasteiger partial charge in [0.1, 0.15) is 12.4 Å². The van der Waals surface area contributed by atoms with Crippen LogP contribution in [0, 0.1) is 0 Å². The van der Waals surface area contributed by atoms with Crippen LogP contribution in [-0.2, 0) is 29.6 Å². The van der Waals surface area contributed by atoms with E-state index in [0.717, 1.165) is 23.3 Å². The van der Waals surface area contributed by atoms with Crippen LogP contribution in [0.3, 0.4) is 0 Å². The highest BCUT2D eigenvalue weighted by atomic mass is 32.2. The van der Waals surface area contributed by atoms with Gasteiger partial charge in [0.2, 0.25) is 10.0 Å². The number of nitrogens with zero attached hydrogens (tertiary/aromatic N) is 1. The average Bonchev–Trinajstić information content (AvgIpc) is 2.52. The summed E-state index contributed by atoms with van der Waals surface area (Å²) in [5.41, 5.74) is 3.36. The highest BCUT2D eigenvalue weighted by Gasteiger charge is 2.23. The second-order valence-corrected chi connectivity index (χ2v) is 7.53. The smallest absolute Gasteiger partial charge is 0.211 e. The van der Waals surface area contributed by atoms with Crippen molar-refractivity contribution in [1.82, 2.24) is 4.31 Å². The van der Waals surface area contributed by atoms with Crippen molar-refractivity contribution in [3.8, 4) is 5.75 Å². The van der Waals surface area contributed by atoms with Crippen molar-refractivity contribution < 1.29 is 13.2 Å². The van der Waals surface area contributed by atoms with Gasteiger partial charge in [-0.05, 0) is 35.2 Å². The molecular formula is C17H19NO3S. The predicted molar refractivity (Wildman–Crippen MR) is 86.2 cm³/mol. The average molecular weight is 317 g/mol. The molecule has 5 heteroatoms. The molecule has 2 aromatic rings. The van der Waals surface area contributed by atoms with Crippen LogP contribution in [0.25, 0.3) is 0 Å². The Kier molecular flexibility index (Phi) is 4.18. The van der Waals surface area contributed by atoms with Crippen molar-refractivity contribution in [3.05, 3.63) is 65.2 Å². The van der Waals surface area contributed by atoms with Crippen molar-refractivity contribution in [1.29, 1.82) is 0 Å². The van der Waals surface area contributed by atoms with Crippen molar-refractivity contribution in [2.24, 2.45) is 0 Å². The van der Waals surface area contributed by atoms with Gasteiger partial charge in [0.15, 0.2) is 0 Å². The van der Waals surface area contributed by atoms with Crippen molar-refractivity contribution in [3.63, 3.8) is 0 Å². The van der Waals surface area contributed by atoms with E-state index in [-0.39, 0.29) is 0 Å². The number of benzene rings is 2. The zero-order valence-electron chi connectivity index (χ0n) is 12.5. The van der Waals surface area contributed by atoms with E-state index in [1.165, 1.54) is 16.1 Å². The molecule has 0 fully saturated rings. The van der Waals surface area contributed by atoms with Crippen LogP contribution in [0.15, 0.2) is 48.5 Å². The number of rotatable bonds is 4. The highest BCUT2D eigenvalue weighted by molar-refractivity contribution is 7.88. The molecule has 0 saturated carbocycles. The largest absolute Gasteiger partial charge is 0.489 e. The molecule has 22 heavy (non-hydrogen) atoms. The summed E-state index contributed by atoms with van der Waals surface area (Å²) in [7, 11) is -3.12. The molecule has 1 heterocycles. The van der Waals surface area contributed by atoms with Crippen LogP contribution in [0.4, 0.5) is 0 Å². The minimum Gasteiger partial charge on any atom is -0.489 e. The van der Waals surface area contributed by atoms with E-state index >= 15 is 0 Å². The van der Waals surface area contributed by atoms with Crippen LogP contribution >= 0.6 is 0 Å². The van der Waals surface area contributed by atoms with Gasteiger partial charge in [-0.2, -0.15) is 4.31 Å². The number of ether oxygens (including phenoxy) is 1. The maximum atomic E-state index is 11.6. The Bertz CT molecular complexity index is 757. The zero-order chi connectivity index (χ0) is 15.6. The standard InChI is InChI=1S/C17H19NO3S/c1-22(19,20)18-10-9-15-11-17(8-7-16(15)12-18)21-13-14-5-3-2-4-6-14/h2-8,11H,9-10,12-13H2,1H3. The van der Waals surface area contributed by atoms with Gasteiger partial charge in [-0.1, -0.05) is 36.4 Å². The molecule has 0 N–H and O–H groups in total. The Morgan fingerprint density at radius 1 is 1.09 bits per heavy atom. The molecule has 2 aromatic carbocycles. The molecule has 0 spiro atoms. The first-order valence-corrected chi connectivity index (χ1v) is 9.11. The Morgan fingerprint density at radius 2 is 1.86 bits per heavy atom. The third-order valence-corrected chi connectivity index (χ3v) is 5.12. The summed E-state index contributed by atoms with van der Waals surface area (Å²) in [6.45, 7) is 1.52. The van der Waals surface area contributed by atoms with E-state index < -0.39 is 10.0 Å². The van der Waals surface area contributed by atoms with Gasteiger partial charge in [-0.3, -0.25) is 0 Å². The van der Waals surface area contributed by atoms with E-state index in [0.29, 0.717) is 19.7 Å². The van der Waals surface area contributed by atoms with Crippen molar-refractivity contribution in [2.45, 2.75) is 19.6 Å². The summed E-state index contributed by atoms with van der Waals surface area (Å²) in [5.74, 6) is 0.829. The van der Waals surface area contributed by atoms with Gasteiger partial charge >= 0.3 is 0 Å². The van der Waals surface area contributed by atoms with Gasteiger partial charge in [-0.25, -0.2) is 8.42 Å². The van der Waals surface area contributed by atoms with Gasteiger partial charge in [0.05, 0.1) is 6.26 Å². The van der Waals surface area contributed by atoms with Gasteiger partial charge < -0.3 is 4.74 Å². The second-order valence-electron chi connectivity index (χ2n) is 5.55. The Morgan fingerprint density at radius 3 is 2.59 bits per heavy atom. The molecule has 0 amide bonds. The summed E-state index contributed by atoms with van der Waals surface area (Å²) >= 11 is 0. The Labute approximate surface area is 131 Å². The van der Waals surface area contributed by atoms with E-state index in [2.05, 4.69) is 0 Å². The molecule has 1 aliphatic rings. The minimum atomic E-state index is -3.12. The molecule has 0 bridgehead atoms. The Balaban J connectivity index is 1.70. The summed E-state index contributed by atoms with van der Waals surface area (Å²) in [6, 6.07) is 15.9. The van der Waals surface area contributed by atoms with Crippen LogP contribution in [0.5, 0.6) is 5.75 Å². The van der Waals surface area contributed by atoms with Gasteiger partial charge in [0, 0.05) is 13.1 Å². The normalized spacial score (nSPS) is 15.3. The molecule has 0 aliphatic carbocycles. The molecule has 0 radical (unpaired) electrons. The van der Waals surface area contributed by atoms with Crippen LogP contribution in [0.2, 0.25) is 0 Å². The lowest BCUT2D eigenvalue weighted by Gasteiger charge is -2.27. The third-order valence-electron chi connectivity index (χ3n) is 3.87. The van der Waals surface area contributed by atoms with E-state index in [1.807, 2.05) is 48.5 Å². The van der Waals surface area contributed by atoms with Crippen LogP contribution in [0.1, 0.15) is 16.7 Å². The topological polar surface area (TPSA) is 46.6 Å². The summed E-state index contributed by atoms with van der Waals surface area (Å²) in [5, 5.41) is 0. The second kappa shape index (κ2) is 6.10. The van der Waals surface area contributed by atoms with E-state index in [9.17, 15) is 8.42 Å². The number of hydrogen-bond acceptors (Lipinski definition) is 3. The number of sulfonamides is 1. The molecule has 116 valence electrons. The Hall–Kier alpha value is -1.85. The predicted octanol–water partition coefficient (Wildman–Crippen LogP) is 2.58. The van der Waals surface area contributed by atoms with Crippen molar-refractivity contribution in [2.75, 3.05) is 12.8 Å². The van der Waals surface area contributed by atoms with Gasteiger partial charge in [-0.15, -0.1) is 0 Å². The van der Waals surface area contributed by atoms with Gasteiger partial charge in [0.25, 0.3) is 0 Å². The fourth-order valence-corrected chi connectivity index (χ4v) is 3.41. The lowest BCUT2D eigenvalue weighted by molar-refractivity contribution is 0.305. The summed E-state index contributed by atoms with van der Waals surface area (Å²) in [6.07, 6.45) is 1.99. The third kappa shape index (κ3) is 3.48. The maximum Gasteiger partial charge on any atom is 0.211 e. The molecule has 0 aromatic heterocycles. The molecule has 0 unspecified atom stereocenters. The first-order chi connectivity index (χ1) is 10.5. The molecule has 0 atom stereocenters. The number of fused-ring (bicyclic) bond motifs is 1. The maximum absolute atomic E-state index is 11.6. The summed E-state index contributed by atoms with van der Waals surface area (Å²) < 4.78 is 30.6. The highest BCUT2D eigenvalue weighted by Crippen LogP contribution is 2.25. The fraction of sp³-hybridized carbons (Fsp3) is 0.294. The van der Waals surface area contributed by atoms with E-state index in [1.54, 1.807) is 0 Å². The molecule has 4 nitrogen and oxygen atoms in total. The monoisotopic (exact) mass is 317 g/mol. The minimum absolute atomic E-state index is 0.452. The van der Waals surface area contributed by atoms with E-state index in [4.69, 9.17) is 4.74 Å². The zero-order valence-corrected chi connectivity index (χ0v) is 13.3. The molecule has 1 aliphatic heterocycles. The van der Waals surface area contributed by atoms with Crippen LogP contribution in [-0.4, -0.2) is 25.5 Å². The molecule has 3 rings (SSSR count). The molecule has 0 saturated heterocycles. The lowest BCUT2D eigenvalue weighted by atomic mass is 10.0. The first kappa shape index (κ1) is 15.1.